The van der Waals surface area contributed by atoms with E-state index < -0.39 is 5.97 Å². The van der Waals surface area contributed by atoms with Crippen molar-refractivity contribution >= 4 is 17.6 Å². The molecule has 0 aliphatic heterocycles. The average molecular weight is 265 g/mol. The van der Waals surface area contributed by atoms with Gasteiger partial charge in [-0.25, -0.2) is 14.8 Å². The van der Waals surface area contributed by atoms with Gasteiger partial charge in [0.1, 0.15) is 12.9 Å². The quantitative estimate of drug-likeness (QED) is 0.859. The number of carbonyl (C=O) groups is 1. The Morgan fingerprint density at radius 2 is 2.00 bits per heavy atom. The zero-order valence-corrected chi connectivity index (χ0v) is 9.96. The molecule has 0 spiro atoms. The Morgan fingerprint density at radius 1 is 1.28 bits per heavy atom. The minimum absolute atomic E-state index is 0.0358. The highest BCUT2D eigenvalue weighted by molar-refractivity contribution is 6.32. The van der Waals surface area contributed by atoms with E-state index in [0.717, 1.165) is 11.9 Å². The molecule has 0 unspecified atom stereocenters. The smallest absolute Gasteiger partial charge is 0.344 e. The summed E-state index contributed by atoms with van der Waals surface area (Å²) >= 11 is 5.69. The first kappa shape index (κ1) is 12.3. The first-order valence-corrected chi connectivity index (χ1v) is 5.47. The maximum atomic E-state index is 11.0. The van der Waals surface area contributed by atoms with Gasteiger partial charge in [-0.05, 0) is 5.56 Å². The topological polar surface area (TPSA) is 72.3 Å². The number of hydrogen-bond donors (Lipinski definition) is 1. The van der Waals surface area contributed by atoms with Crippen molar-refractivity contribution in [2.45, 2.75) is 6.61 Å². The molecule has 0 aliphatic rings. The maximum Gasteiger partial charge on any atom is 0.344 e. The predicted octanol–water partition coefficient (Wildman–Crippen LogP) is 2.41. The Balaban J connectivity index is 2.20. The lowest BCUT2D eigenvalue weighted by Crippen LogP contribution is -2.07. The van der Waals surface area contributed by atoms with Crippen LogP contribution in [0.1, 0.15) is 15.9 Å². The van der Waals surface area contributed by atoms with Crippen LogP contribution in [0.2, 0.25) is 5.15 Å². The molecular formula is C12H9ClN2O3. The molecule has 0 radical (unpaired) electrons. The van der Waals surface area contributed by atoms with Crippen LogP contribution in [-0.4, -0.2) is 21.0 Å². The molecule has 0 atom stereocenters. The van der Waals surface area contributed by atoms with Gasteiger partial charge in [0.2, 0.25) is 5.88 Å². The van der Waals surface area contributed by atoms with Crippen LogP contribution in [0.5, 0.6) is 5.88 Å². The molecule has 5 nitrogen and oxygen atoms in total. The fourth-order valence-electron chi connectivity index (χ4n) is 1.36. The monoisotopic (exact) mass is 264 g/mol. The van der Waals surface area contributed by atoms with Gasteiger partial charge < -0.3 is 9.84 Å². The molecule has 2 aromatic rings. The number of aromatic nitrogens is 2. The van der Waals surface area contributed by atoms with Crippen molar-refractivity contribution in [1.29, 1.82) is 0 Å². The zero-order valence-electron chi connectivity index (χ0n) is 9.21. The molecule has 0 fully saturated rings. The number of rotatable bonds is 4. The summed E-state index contributed by atoms with van der Waals surface area (Å²) in [6, 6.07) is 9.34. The number of hydrogen-bond acceptors (Lipinski definition) is 4. The van der Waals surface area contributed by atoms with Gasteiger partial charge in [0.25, 0.3) is 0 Å². The van der Waals surface area contributed by atoms with Crippen LogP contribution in [0.3, 0.4) is 0 Å². The summed E-state index contributed by atoms with van der Waals surface area (Å²) in [6.45, 7) is 0.217. The molecule has 92 valence electrons. The summed E-state index contributed by atoms with van der Waals surface area (Å²) in [6.07, 6.45) is 1.16. The van der Waals surface area contributed by atoms with Crippen LogP contribution < -0.4 is 4.74 Å². The van der Waals surface area contributed by atoms with E-state index in [1.165, 1.54) is 0 Å². The molecule has 0 aliphatic carbocycles. The fraction of sp³-hybridized carbons (Fsp3) is 0.0833. The van der Waals surface area contributed by atoms with Gasteiger partial charge in [-0.2, -0.15) is 0 Å². The second-order valence-corrected chi connectivity index (χ2v) is 3.78. The number of carboxylic acid groups (broad SMARTS) is 1. The number of nitrogens with zero attached hydrogens (tertiary/aromatic N) is 2. The van der Waals surface area contributed by atoms with Crippen molar-refractivity contribution in [3.05, 3.63) is 52.9 Å². The van der Waals surface area contributed by atoms with E-state index in [0.29, 0.717) is 0 Å². The van der Waals surface area contributed by atoms with Crippen molar-refractivity contribution in [1.82, 2.24) is 9.97 Å². The van der Waals surface area contributed by atoms with E-state index in [9.17, 15) is 4.79 Å². The summed E-state index contributed by atoms with van der Waals surface area (Å²) < 4.78 is 5.35. The van der Waals surface area contributed by atoms with E-state index in [1.54, 1.807) is 0 Å². The van der Waals surface area contributed by atoms with Gasteiger partial charge in [0.05, 0.1) is 0 Å². The largest absolute Gasteiger partial charge is 0.477 e. The molecule has 0 saturated carbocycles. The van der Waals surface area contributed by atoms with Gasteiger partial charge in [-0.3, -0.25) is 0 Å². The SMILES string of the molecule is O=C(O)c1c(Cl)ncnc1OCc1ccccc1. The van der Waals surface area contributed by atoms with Gasteiger partial charge in [0, 0.05) is 0 Å². The second-order valence-electron chi connectivity index (χ2n) is 3.42. The standard InChI is InChI=1S/C12H9ClN2O3/c13-10-9(12(16)17)11(15-7-14-10)18-6-8-4-2-1-3-5-8/h1-5,7H,6H2,(H,16,17). The summed E-state index contributed by atoms with van der Waals surface area (Å²) in [5, 5.41) is 8.86. The Morgan fingerprint density at radius 3 is 2.67 bits per heavy atom. The molecule has 2 rings (SSSR count). The summed E-state index contributed by atoms with van der Waals surface area (Å²) in [7, 11) is 0. The fourth-order valence-corrected chi connectivity index (χ4v) is 1.57. The number of benzene rings is 1. The third-order valence-electron chi connectivity index (χ3n) is 2.20. The minimum atomic E-state index is -1.22. The van der Waals surface area contributed by atoms with Crippen molar-refractivity contribution in [2.24, 2.45) is 0 Å². The number of halogens is 1. The van der Waals surface area contributed by atoms with E-state index in [2.05, 4.69) is 9.97 Å². The number of aromatic carboxylic acids is 1. The normalized spacial score (nSPS) is 10.1. The molecule has 0 bridgehead atoms. The summed E-state index contributed by atoms with van der Waals surface area (Å²) in [5.41, 5.74) is 0.679. The van der Waals surface area contributed by atoms with Crippen molar-refractivity contribution < 1.29 is 14.6 Å². The van der Waals surface area contributed by atoms with E-state index in [-0.39, 0.29) is 23.2 Å². The van der Waals surface area contributed by atoms with E-state index >= 15 is 0 Å². The van der Waals surface area contributed by atoms with Gasteiger partial charge in [-0.1, -0.05) is 41.9 Å². The highest BCUT2D eigenvalue weighted by Gasteiger charge is 2.18. The van der Waals surface area contributed by atoms with Crippen LogP contribution in [-0.2, 0) is 6.61 Å². The molecular weight excluding hydrogens is 256 g/mol. The van der Waals surface area contributed by atoms with Crippen LogP contribution in [0.25, 0.3) is 0 Å². The van der Waals surface area contributed by atoms with Crippen LogP contribution in [0, 0.1) is 0 Å². The van der Waals surface area contributed by atoms with Crippen molar-refractivity contribution in [3.8, 4) is 5.88 Å². The van der Waals surface area contributed by atoms with Crippen LogP contribution in [0.4, 0.5) is 0 Å². The second kappa shape index (κ2) is 5.46. The molecule has 0 saturated heterocycles. The first-order chi connectivity index (χ1) is 8.68. The Kier molecular flexibility index (Phi) is 3.74. The van der Waals surface area contributed by atoms with Gasteiger partial charge in [-0.15, -0.1) is 0 Å². The van der Waals surface area contributed by atoms with Crippen molar-refractivity contribution in [3.63, 3.8) is 0 Å². The van der Waals surface area contributed by atoms with E-state index in [1.807, 2.05) is 30.3 Å². The lowest BCUT2D eigenvalue weighted by atomic mass is 10.2. The summed E-state index contributed by atoms with van der Waals surface area (Å²) in [4.78, 5) is 18.4. The maximum absolute atomic E-state index is 11.0. The minimum Gasteiger partial charge on any atom is -0.477 e. The number of carboxylic acids is 1. The molecule has 1 aromatic carbocycles. The molecule has 0 amide bonds. The van der Waals surface area contributed by atoms with Gasteiger partial charge in [0.15, 0.2) is 10.7 Å². The highest BCUT2D eigenvalue weighted by atomic mass is 35.5. The molecule has 6 heteroatoms. The third kappa shape index (κ3) is 2.75. The van der Waals surface area contributed by atoms with Gasteiger partial charge >= 0.3 is 5.97 Å². The van der Waals surface area contributed by atoms with Crippen LogP contribution >= 0.6 is 11.6 Å². The van der Waals surface area contributed by atoms with Crippen LogP contribution in [0.15, 0.2) is 36.7 Å². The van der Waals surface area contributed by atoms with E-state index in [4.69, 9.17) is 21.4 Å². The highest BCUT2D eigenvalue weighted by Crippen LogP contribution is 2.22. The predicted molar refractivity (Wildman–Crippen MR) is 64.8 cm³/mol. The Bertz CT molecular complexity index is 561. The average Bonchev–Trinajstić information content (AvgIpc) is 2.37. The third-order valence-corrected chi connectivity index (χ3v) is 2.49. The zero-order chi connectivity index (χ0) is 13.0. The molecule has 1 aromatic heterocycles. The Labute approximate surface area is 108 Å². The lowest BCUT2D eigenvalue weighted by molar-refractivity contribution is 0.0690. The first-order valence-electron chi connectivity index (χ1n) is 5.09. The lowest BCUT2D eigenvalue weighted by Gasteiger charge is -2.08. The van der Waals surface area contributed by atoms with Crippen molar-refractivity contribution in [2.75, 3.05) is 0 Å². The molecule has 1 heterocycles. The molecule has 1 N–H and O–H groups in total. The Hall–Kier alpha value is -2.14. The summed E-state index contributed by atoms with van der Waals surface area (Å²) in [5.74, 6) is -1.25. The molecule has 18 heavy (non-hydrogen) atoms. The number of ether oxygens (including phenoxy) is 1.